The topological polar surface area (TPSA) is 97.3 Å². The van der Waals surface area contributed by atoms with Crippen molar-refractivity contribution < 1.29 is 33.4 Å². The Morgan fingerprint density at radius 1 is 1.02 bits per heavy atom. The van der Waals surface area contributed by atoms with E-state index in [4.69, 9.17) is 14.2 Å². The molecule has 2 amide bonds. The van der Waals surface area contributed by atoms with Crippen LogP contribution >= 0.6 is 0 Å². The van der Waals surface area contributed by atoms with Gasteiger partial charge in [-0.1, -0.05) is 42.5 Å². The van der Waals surface area contributed by atoms with Gasteiger partial charge >= 0.3 is 6.09 Å². The SMILES string of the molecule is C[N+]1(CCNC(=O)c2ccc(N3C(=O)O[C@H](CO)[C@H]3c3ccc(OCc4ccccc4)cc3)cc2)CCOCC1. The lowest BCUT2D eigenvalue weighted by Gasteiger charge is -2.37. The Hall–Kier alpha value is -3.92. The summed E-state index contributed by atoms with van der Waals surface area (Å²) in [6.07, 6.45) is -1.27. The van der Waals surface area contributed by atoms with Gasteiger partial charge in [0, 0.05) is 11.3 Å². The number of carbonyl (C=O) groups excluding carboxylic acids is 2. The second-order valence-electron chi connectivity index (χ2n) is 10.5. The highest BCUT2D eigenvalue weighted by Crippen LogP contribution is 2.38. The molecule has 9 nitrogen and oxygen atoms in total. The number of aliphatic hydroxyl groups excluding tert-OH is 1. The van der Waals surface area contributed by atoms with Crippen LogP contribution in [0.25, 0.3) is 0 Å². The van der Waals surface area contributed by atoms with Crippen molar-refractivity contribution in [2.45, 2.75) is 18.8 Å². The lowest BCUT2D eigenvalue weighted by atomic mass is 10.00. The normalized spacial score (nSPS) is 20.1. The van der Waals surface area contributed by atoms with E-state index in [-0.39, 0.29) is 12.5 Å². The van der Waals surface area contributed by atoms with Gasteiger partial charge in [-0.05, 0) is 47.5 Å². The van der Waals surface area contributed by atoms with E-state index in [1.54, 1.807) is 24.3 Å². The molecule has 2 N–H and O–H groups in total. The molecule has 2 aliphatic rings. The first-order valence-corrected chi connectivity index (χ1v) is 13.6. The molecular weight excluding hydrogens is 510 g/mol. The molecule has 0 aromatic heterocycles. The maximum absolute atomic E-state index is 12.9. The van der Waals surface area contributed by atoms with E-state index in [0.29, 0.717) is 30.2 Å². The quantitative estimate of drug-likeness (QED) is 0.378. The van der Waals surface area contributed by atoms with Gasteiger partial charge in [0.2, 0.25) is 0 Å². The van der Waals surface area contributed by atoms with Crippen molar-refractivity contribution in [1.82, 2.24) is 5.32 Å². The molecular formula is C31H36N3O6+. The van der Waals surface area contributed by atoms with Crippen LogP contribution < -0.4 is 15.0 Å². The molecule has 0 spiro atoms. The van der Waals surface area contributed by atoms with E-state index < -0.39 is 18.2 Å². The lowest BCUT2D eigenvalue weighted by molar-refractivity contribution is -0.915. The van der Waals surface area contributed by atoms with Gasteiger partial charge in [-0.15, -0.1) is 0 Å². The fourth-order valence-corrected chi connectivity index (χ4v) is 5.12. The van der Waals surface area contributed by atoms with Gasteiger partial charge in [-0.3, -0.25) is 9.69 Å². The first-order chi connectivity index (χ1) is 19.5. The number of rotatable bonds is 10. The Morgan fingerprint density at radius 2 is 1.73 bits per heavy atom. The van der Waals surface area contributed by atoms with Crippen molar-refractivity contribution in [2.24, 2.45) is 0 Å². The molecule has 210 valence electrons. The summed E-state index contributed by atoms with van der Waals surface area (Å²) in [6.45, 7) is 4.91. The predicted octanol–water partition coefficient (Wildman–Crippen LogP) is 3.53. The van der Waals surface area contributed by atoms with Crippen LogP contribution in [0.2, 0.25) is 0 Å². The maximum Gasteiger partial charge on any atom is 0.415 e. The highest BCUT2D eigenvalue weighted by molar-refractivity contribution is 5.96. The number of quaternary nitrogens is 1. The van der Waals surface area contributed by atoms with Gasteiger partial charge in [-0.2, -0.15) is 0 Å². The molecule has 3 aromatic carbocycles. The Bertz CT molecular complexity index is 1280. The summed E-state index contributed by atoms with van der Waals surface area (Å²) < 4.78 is 17.7. The van der Waals surface area contributed by atoms with E-state index in [2.05, 4.69) is 12.4 Å². The number of carbonyl (C=O) groups is 2. The number of cyclic esters (lactones) is 1. The highest BCUT2D eigenvalue weighted by atomic mass is 16.6. The number of hydrogen-bond donors (Lipinski definition) is 2. The molecule has 2 saturated heterocycles. The fourth-order valence-electron chi connectivity index (χ4n) is 5.12. The molecule has 5 rings (SSSR count). The zero-order chi connectivity index (χ0) is 28.0. The van der Waals surface area contributed by atoms with Gasteiger partial charge in [0.05, 0.1) is 40.0 Å². The molecule has 0 unspecified atom stereocenters. The standard InChI is InChI=1S/C31H35N3O6/c1-34(17-19-38-20-18-34)16-15-32-30(36)25-7-11-26(12-8-25)33-29(28(21-35)40-31(33)37)24-9-13-27(14-10-24)39-22-23-5-3-2-4-6-23/h2-14,28-29,35H,15-22H2,1H3/p+1/t28-,29-/m1/s1. The van der Waals surface area contributed by atoms with Gasteiger partial charge in [0.15, 0.2) is 6.10 Å². The van der Waals surface area contributed by atoms with E-state index in [9.17, 15) is 14.7 Å². The number of benzene rings is 3. The summed E-state index contributed by atoms with van der Waals surface area (Å²) >= 11 is 0. The van der Waals surface area contributed by atoms with Gasteiger partial charge in [0.25, 0.3) is 5.91 Å². The third kappa shape index (κ3) is 6.44. The number of anilines is 1. The Kier molecular flexibility index (Phi) is 8.64. The average Bonchev–Trinajstić information content (AvgIpc) is 3.33. The van der Waals surface area contributed by atoms with E-state index in [1.165, 1.54) is 4.90 Å². The third-order valence-electron chi connectivity index (χ3n) is 7.62. The molecule has 0 radical (unpaired) electrons. The Morgan fingerprint density at radius 3 is 2.40 bits per heavy atom. The second kappa shape index (κ2) is 12.5. The van der Waals surface area contributed by atoms with Crippen LogP contribution in [-0.2, 0) is 16.1 Å². The Labute approximate surface area is 234 Å². The van der Waals surface area contributed by atoms with Crippen molar-refractivity contribution in [3.8, 4) is 5.75 Å². The molecule has 2 aliphatic heterocycles. The molecule has 3 aromatic rings. The predicted molar refractivity (Wildman–Crippen MR) is 150 cm³/mol. The van der Waals surface area contributed by atoms with Crippen molar-refractivity contribution in [3.05, 3.63) is 95.6 Å². The van der Waals surface area contributed by atoms with Crippen LogP contribution in [0.1, 0.15) is 27.5 Å². The first kappa shape index (κ1) is 27.6. The number of nitrogens with one attached hydrogen (secondary N) is 1. The van der Waals surface area contributed by atoms with Crippen LogP contribution in [0.3, 0.4) is 0 Å². The maximum atomic E-state index is 12.9. The minimum absolute atomic E-state index is 0.161. The molecule has 9 heteroatoms. The smallest absolute Gasteiger partial charge is 0.415 e. The van der Waals surface area contributed by atoms with Crippen LogP contribution in [-0.4, -0.2) is 80.7 Å². The monoisotopic (exact) mass is 546 g/mol. The summed E-state index contributed by atoms with van der Waals surface area (Å²) in [5.41, 5.74) is 2.96. The average molecular weight is 547 g/mol. The number of nitrogens with zero attached hydrogens (tertiary/aromatic N) is 2. The number of ether oxygens (including phenoxy) is 3. The van der Waals surface area contributed by atoms with Gasteiger partial charge in [0.1, 0.15) is 31.5 Å². The number of hydrogen-bond acceptors (Lipinski definition) is 6. The summed E-state index contributed by atoms with van der Waals surface area (Å²) in [5.74, 6) is 0.538. The third-order valence-corrected chi connectivity index (χ3v) is 7.62. The lowest BCUT2D eigenvalue weighted by Crippen LogP contribution is -2.54. The van der Waals surface area contributed by atoms with Crippen molar-refractivity contribution in [2.75, 3.05) is 57.9 Å². The van der Waals surface area contributed by atoms with Crippen LogP contribution in [0.15, 0.2) is 78.9 Å². The summed E-state index contributed by atoms with van der Waals surface area (Å²) in [4.78, 5) is 27.1. The summed E-state index contributed by atoms with van der Waals surface area (Å²) in [7, 11) is 2.18. The van der Waals surface area contributed by atoms with Crippen LogP contribution in [0.4, 0.5) is 10.5 Å². The molecule has 2 fully saturated rings. The molecule has 0 aliphatic carbocycles. The first-order valence-electron chi connectivity index (χ1n) is 13.6. The zero-order valence-corrected chi connectivity index (χ0v) is 22.7. The van der Waals surface area contributed by atoms with Gasteiger partial charge in [-0.25, -0.2) is 4.79 Å². The highest BCUT2D eigenvalue weighted by Gasteiger charge is 2.43. The van der Waals surface area contributed by atoms with Gasteiger partial charge < -0.3 is 29.1 Å². The summed E-state index contributed by atoms with van der Waals surface area (Å²) in [5, 5.41) is 13.0. The van der Waals surface area contributed by atoms with Crippen molar-refractivity contribution in [1.29, 1.82) is 0 Å². The molecule has 2 heterocycles. The number of likely N-dealkylation sites (N-methyl/N-ethyl adjacent to an activating group) is 1. The largest absolute Gasteiger partial charge is 0.489 e. The minimum atomic E-state index is -0.726. The summed E-state index contributed by atoms with van der Waals surface area (Å²) in [6, 6.07) is 23.7. The fraction of sp³-hybridized carbons (Fsp3) is 0.355. The Balaban J connectivity index is 1.24. The molecule has 0 saturated carbocycles. The molecule has 40 heavy (non-hydrogen) atoms. The van der Waals surface area contributed by atoms with E-state index in [0.717, 1.165) is 48.5 Å². The molecule has 0 bridgehead atoms. The van der Waals surface area contributed by atoms with E-state index >= 15 is 0 Å². The zero-order valence-electron chi connectivity index (χ0n) is 22.7. The number of morpholine rings is 1. The van der Waals surface area contributed by atoms with Crippen LogP contribution in [0, 0.1) is 0 Å². The molecule has 2 atom stereocenters. The van der Waals surface area contributed by atoms with E-state index in [1.807, 2.05) is 54.6 Å². The van der Waals surface area contributed by atoms with Crippen molar-refractivity contribution in [3.63, 3.8) is 0 Å². The number of amides is 2. The number of aliphatic hydroxyl groups is 1. The van der Waals surface area contributed by atoms with Crippen molar-refractivity contribution >= 4 is 17.7 Å². The minimum Gasteiger partial charge on any atom is -0.489 e. The van der Waals surface area contributed by atoms with Crippen LogP contribution in [0.5, 0.6) is 5.75 Å². The second-order valence-corrected chi connectivity index (χ2v) is 10.5.